The number of nitrogens with two attached hydrogens (primary N) is 1. The molecule has 0 aromatic heterocycles. The van der Waals surface area contributed by atoms with Crippen LogP contribution >= 0.6 is 0 Å². The first-order chi connectivity index (χ1) is 8.04. The molecule has 2 unspecified atom stereocenters. The molecule has 0 aliphatic carbocycles. The summed E-state index contributed by atoms with van der Waals surface area (Å²) < 4.78 is 5.74. The minimum atomic E-state index is 0.327. The zero-order valence-corrected chi connectivity index (χ0v) is 10.9. The zero-order chi connectivity index (χ0) is 12.4. The first kappa shape index (κ1) is 12.4. The third kappa shape index (κ3) is 3.20. The molecule has 2 atom stereocenters. The number of hydrogen-bond acceptors (Lipinski definition) is 3. The fourth-order valence-corrected chi connectivity index (χ4v) is 2.51. The number of morpholine rings is 1. The Labute approximate surface area is 104 Å². The fourth-order valence-electron chi connectivity index (χ4n) is 2.51. The number of aryl methyl sites for hydroxylation is 1. The van der Waals surface area contributed by atoms with Crippen molar-refractivity contribution in [2.75, 3.05) is 18.8 Å². The van der Waals surface area contributed by atoms with Gasteiger partial charge in [-0.1, -0.05) is 12.1 Å². The van der Waals surface area contributed by atoms with E-state index in [1.807, 2.05) is 6.07 Å². The van der Waals surface area contributed by atoms with Crippen LogP contribution in [-0.4, -0.2) is 30.2 Å². The van der Waals surface area contributed by atoms with Gasteiger partial charge in [-0.05, 0) is 38.0 Å². The largest absolute Gasteiger partial charge is 0.399 e. The topological polar surface area (TPSA) is 38.5 Å². The summed E-state index contributed by atoms with van der Waals surface area (Å²) in [6.07, 6.45) is 0.655. The van der Waals surface area contributed by atoms with Gasteiger partial charge in [-0.25, -0.2) is 0 Å². The van der Waals surface area contributed by atoms with Gasteiger partial charge in [-0.15, -0.1) is 0 Å². The Balaban J connectivity index is 2.02. The maximum atomic E-state index is 5.83. The van der Waals surface area contributed by atoms with Crippen molar-refractivity contribution in [2.45, 2.75) is 39.5 Å². The van der Waals surface area contributed by atoms with Crippen molar-refractivity contribution < 1.29 is 4.74 Å². The molecule has 2 rings (SSSR count). The Morgan fingerprint density at radius 3 is 2.53 bits per heavy atom. The van der Waals surface area contributed by atoms with Gasteiger partial charge in [0.25, 0.3) is 0 Å². The van der Waals surface area contributed by atoms with E-state index < -0.39 is 0 Å². The Morgan fingerprint density at radius 2 is 1.94 bits per heavy atom. The molecular weight excluding hydrogens is 212 g/mol. The normalized spacial score (nSPS) is 26.1. The Kier molecular flexibility index (Phi) is 3.69. The summed E-state index contributed by atoms with van der Waals surface area (Å²) in [5.74, 6) is 0. The SMILES string of the molecule is Cc1cc(CN2CC(C)OC(C)C2)ccc1N. The third-order valence-electron chi connectivity index (χ3n) is 3.24. The highest BCUT2D eigenvalue weighted by Gasteiger charge is 2.21. The molecule has 94 valence electrons. The lowest BCUT2D eigenvalue weighted by Crippen LogP contribution is -2.44. The van der Waals surface area contributed by atoms with Crippen molar-refractivity contribution in [3.63, 3.8) is 0 Å². The molecule has 0 spiro atoms. The highest BCUT2D eigenvalue weighted by Crippen LogP contribution is 2.17. The minimum Gasteiger partial charge on any atom is -0.399 e. The summed E-state index contributed by atoms with van der Waals surface area (Å²) in [5.41, 5.74) is 9.20. The van der Waals surface area contributed by atoms with Gasteiger partial charge in [0.2, 0.25) is 0 Å². The predicted molar refractivity (Wildman–Crippen MR) is 70.9 cm³/mol. The molecule has 0 radical (unpaired) electrons. The van der Waals surface area contributed by atoms with Crippen LogP contribution in [0.2, 0.25) is 0 Å². The predicted octanol–water partition coefficient (Wildman–Crippen LogP) is 2.19. The van der Waals surface area contributed by atoms with E-state index in [0.717, 1.165) is 30.9 Å². The van der Waals surface area contributed by atoms with Gasteiger partial charge in [-0.2, -0.15) is 0 Å². The van der Waals surface area contributed by atoms with Crippen LogP contribution in [0.3, 0.4) is 0 Å². The Bertz CT molecular complexity index is 382. The van der Waals surface area contributed by atoms with Crippen LogP contribution in [0.15, 0.2) is 18.2 Å². The van der Waals surface area contributed by atoms with Crippen molar-refractivity contribution in [1.82, 2.24) is 4.90 Å². The van der Waals surface area contributed by atoms with E-state index in [2.05, 4.69) is 37.8 Å². The summed E-state index contributed by atoms with van der Waals surface area (Å²) in [6, 6.07) is 6.30. The Morgan fingerprint density at radius 1 is 1.29 bits per heavy atom. The summed E-state index contributed by atoms with van der Waals surface area (Å²) in [7, 11) is 0. The van der Waals surface area contributed by atoms with Gasteiger partial charge in [0.1, 0.15) is 0 Å². The van der Waals surface area contributed by atoms with Gasteiger partial charge in [0.05, 0.1) is 12.2 Å². The third-order valence-corrected chi connectivity index (χ3v) is 3.24. The fraction of sp³-hybridized carbons (Fsp3) is 0.571. The molecule has 1 fully saturated rings. The number of ether oxygens (including phenoxy) is 1. The highest BCUT2D eigenvalue weighted by atomic mass is 16.5. The standard InChI is InChI=1S/C14H22N2O/c1-10-6-13(4-5-14(10)15)9-16-7-11(2)17-12(3)8-16/h4-6,11-12H,7-9,15H2,1-3H3. The van der Waals surface area contributed by atoms with Crippen molar-refractivity contribution in [3.8, 4) is 0 Å². The van der Waals surface area contributed by atoms with Crippen molar-refractivity contribution in [3.05, 3.63) is 29.3 Å². The summed E-state index contributed by atoms with van der Waals surface area (Å²) in [6.45, 7) is 9.33. The maximum Gasteiger partial charge on any atom is 0.0678 e. The first-order valence-corrected chi connectivity index (χ1v) is 6.27. The lowest BCUT2D eigenvalue weighted by Gasteiger charge is -2.35. The van der Waals surface area contributed by atoms with E-state index in [-0.39, 0.29) is 0 Å². The van der Waals surface area contributed by atoms with E-state index >= 15 is 0 Å². The van der Waals surface area contributed by atoms with Crippen molar-refractivity contribution in [1.29, 1.82) is 0 Å². The number of nitrogen functional groups attached to an aromatic ring is 1. The van der Waals surface area contributed by atoms with E-state index in [1.165, 1.54) is 5.56 Å². The number of benzene rings is 1. The van der Waals surface area contributed by atoms with E-state index in [1.54, 1.807) is 0 Å². The number of nitrogens with zero attached hydrogens (tertiary/aromatic N) is 1. The van der Waals surface area contributed by atoms with Gasteiger partial charge in [0.15, 0.2) is 0 Å². The van der Waals surface area contributed by atoms with Crippen LogP contribution < -0.4 is 5.73 Å². The molecule has 3 heteroatoms. The van der Waals surface area contributed by atoms with Crippen LogP contribution in [0, 0.1) is 6.92 Å². The molecule has 1 heterocycles. The van der Waals surface area contributed by atoms with Gasteiger partial charge < -0.3 is 10.5 Å². The second-order valence-electron chi connectivity index (χ2n) is 5.14. The van der Waals surface area contributed by atoms with Crippen molar-refractivity contribution >= 4 is 5.69 Å². The Hall–Kier alpha value is -1.06. The zero-order valence-electron chi connectivity index (χ0n) is 10.9. The lowest BCUT2D eigenvalue weighted by molar-refractivity contribution is -0.0704. The molecule has 0 saturated carbocycles. The van der Waals surface area contributed by atoms with E-state index in [4.69, 9.17) is 10.5 Å². The molecule has 0 bridgehead atoms. The lowest BCUT2D eigenvalue weighted by atomic mass is 10.1. The molecular formula is C14H22N2O. The molecule has 1 aliphatic rings. The molecule has 1 saturated heterocycles. The van der Waals surface area contributed by atoms with Crippen LogP contribution in [-0.2, 0) is 11.3 Å². The first-order valence-electron chi connectivity index (χ1n) is 6.27. The second kappa shape index (κ2) is 5.07. The average Bonchev–Trinajstić information content (AvgIpc) is 2.22. The highest BCUT2D eigenvalue weighted by molar-refractivity contribution is 5.47. The van der Waals surface area contributed by atoms with Crippen molar-refractivity contribution in [2.24, 2.45) is 0 Å². The minimum absolute atomic E-state index is 0.327. The molecule has 3 nitrogen and oxygen atoms in total. The van der Waals surface area contributed by atoms with Crippen LogP contribution in [0.4, 0.5) is 5.69 Å². The van der Waals surface area contributed by atoms with Gasteiger partial charge in [-0.3, -0.25) is 4.90 Å². The van der Waals surface area contributed by atoms with Gasteiger partial charge in [0, 0.05) is 25.3 Å². The van der Waals surface area contributed by atoms with Crippen LogP contribution in [0.5, 0.6) is 0 Å². The maximum absolute atomic E-state index is 5.83. The summed E-state index contributed by atoms with van der Waals surface area (Å²) in [5, 5.41) is 0. The monoisotopic (exact) mass is 234 g/mol. The van der Waals surface area contributed by atoms with Gasteiger partial charge >= 0.3 is 0 Å². The molecule has 1 aliphatic heterocycles. The smallest absolute Gasteiger partial charge is 0.0678 e. The number of rotatable bonds is 2. The average molecular weight is 234 g/mol. The number of anilines is 1. The van der Waals surface area contributed by atoms with E-state index in [9.17, 15) is 0 Å². The van der Waals surface area contributed by atoms with Crippen LogP contribution in [0.25, 0.3) is 0 Å². The quantitative estimate of drug-likeness (QED) is 0.797. The number of hydrogen-bond donors (Lipinski definition) is 1. The molecule has 1 aromatic rings. The second-order valence-corrected chi connectivity index (χ2v) is 5.14. The summed E-state index contributed by atoms with van der Waals surface area (Å²) in [4.78, 5) is 2.45. The van der Waals surface area contributed by atoms with Crippen LogP contribution in [0.1, 0.15) is 25.0 Å². The molecule has 2 N–H and O–H groups in total. The molecule has 0 amide bonds. The summed E-state index contributed by atoms with van der Waals surface area (Å²) >= 11 is 0. The molecule has 17 heavy (non-hydrogen) atoms. The molecule has 1 aromatic carbocycles. The van der Waals surface area contributed by atoms with E-state index in [0.29, 0.717) is 12.2 Å².